The van der Waals surface area contributed by atoms with E-state index in [1.807, 2.05) is 74.9 Å². The molecule has 4 heteroatoms. The minimum Gasteiger partial charge on any atom is -0.344 e. The molecule has 0 saturated heterocycles. The highest BCUT2D eigenvalue weighted by Gasteiger charge is 2.16. The summed E-state index contributed by atoms with van der Waals surface area (Å²) in [5.41, 5.74) is 1.81. The summed E-state index contributed by atoms with van der Waals surface area (Å²) in [5.74, 6) is -0.0386. The van der Waals surface area contributed by atoms with Gasteiger partial charge < -0.3 is 10.2 Å². The lowest BCUT2D eigenvalue weighted by molar-refractivity contribution is 0.0930. The van der Waals surface area contributed by atoms with Crippen LogP contribution in [0.1, 0.15) is 22.0 Å². The van der Waals surface area contributed by atoms with Crippen LogP contribution in [0.3, 0.4) is 0 Å². The van der Waals surface area contributed by atoms with E-state index in [-0.39, 0.29) is 11.9 Å². The predicted molar refractivity (Wildman–Crippen MR) is 93.4 cm³/mol. The third-order valence-electron chi connectivity index (χ3n) is 3.41. The number of amides is 1. The van der Waals surface area contributed by atoms with E-state index < -0.39 is 0 Å². The van der Waals surface area contributed by atoms with Crippen LogP contribution in [0.15, 0.2) is 59.5 Å². The van der Waals surface area contributed by atoms with E-state index in [1.165, 1.54) is 0 Å². The van der Waals surface area contributed by atoms with E-state index in [2.05, 4.69) is 10.2 Å². The first-order valence-electron chi connectivity index (χ1n) is 7.24. The maximum atomic E-state index is 12.5. The second kappa shape index (κ2) is 8.01. The zero-order valence-electron chi connectivity index (χ0n) is 13.2. The van der Waals surface area contributed by atoms with Crippen LogP contribution in [0.25, 0.3) is 0 Å². The third kappa shape index (κ3) is 4.61. The molecule has 0 bridgehead atoms. The average molecular weight is 314 g/mol. The normalized spacial score (nSPS) is 12.2. The molecule has 0 unspecified atom stereocenters. The largest absolute Gasteiger partial charge is 0.344 e. The molecule has 0 heterocycles. The molecule has 0 radical (unpaired) electrons. The van der Waals surface area contributed by atoms with Crippen LogP contribution in [-0.4, -0.2) is 37.7 Å². The maximum absolute atomic E-state index is 12.5. The number of hydrogen-bond donors (Lipinski definition) is 1. The minimum absolute atomic E-state index is 0.0241. The first kappa shape index (κ1) is 16.6. The van der Waals surface area contributed by atoms with Crippen LogP contribution in [-0.2, 0) is 0 Å². The lowest BCUT2D eigenvalue weighted by Gasteiger charge is -2.23. The Morgan fingerprint density at radius 3 is 2.27 bits per heavy atom. The SMILES string of the molecule is CSc1ccc(C(=O)N[C@@H](CN(C)C)c2ccccc2)cc1. The van der Waals surface area contributed by atoms with Gasteiger partial charge >= 0.3 is 0 Å². The van der Waals surface area contributed by atoms with E-state index in [0.717, 1.165) is 17.0 Å². The van der Waals surface area contributed by atoms with Gasteiger partial charge in [0.2, 0.25) is 0 Å². The van der Waals surface area contributed by atoms with Gasteiger partial charge in [0.15, 0.2) is 0 Å². The predicted octanol–water partition coefficient (Wildman–Crippen LogP) is 3.44. The molecule has 0 aliphatic rings. The summed E-state index contributed by atoms with van der Waals surface area (Å²) in [5, 5.41) is 3.13. The van der Waals surface area contributed by atoms with Gasteiger partial charge in [-0.15, -0.1) is 11.8 Å². The topological polar surface area (TPSA) is 32.3 Å². The zero-order valence-corrected chi connectivity index (χ0v) is 14.1. The number of hydrogen-bond acceptors (Lipinski definition) is 3. The van der Waals surface area contributed by atoms with Crippen molar-refractivity contribution in [3.63, 3.8) is 0 Å². The van der Waals surface area contributed by atoms with Crippen molar-refractivity contribution in [2.75, 3.05) is 26.9 Å². The Bertz CT molecular complexity index is 596. The fraction of sp³-hybridized carbons (Fsp3) is 0.278. The van der Waals surface area contributed by atoms with E-state index in [4.69, 9.17) is 0 Å². The summed E-state index contributed by atoms with van der Waals surface area (Å²) in [4.78, 5) is 15.7. The van der Waals surface area contributed by atoms with Gasteiger partial charge in [-0.2, -0.15) is 0 Å². The molecule has 0 aliphatic heterocycles. The number of likely N-dealkylation sites (N-methyl/N-ethyl adjacent to an activating group) is 1. The van der Waals surface area contributed by atoms with Crippen molar-refractivity contribution in [2.45, 2.75) is 10.9 Å². The van der Waals surface area contributed by atoms with Crippen LogP contribution in [0, 0.1) is 0 Å². The molecule has 0 spiro atoms. The minimum atomic E-state index is -0.0386. The molecule has 116 valence electrons. The Morgan fingerprint density at radius 1 is 1.09 bits per heavy atom. The molecule has 22 heavy (non-hydrogen) atoms. The molecule has 0 aromatic heterocycles. The van der Waals surface area contributed by atoms with Crippen LogP contribution in [0.4, 0.5) is 0 Å². The van der Waals surface area contributed by atoms with Crippen molar-refractivity contribution in [3.8, 4) is 0 Å². The molecule has 1 N–H and O–H groups in total. The molecule has 0 fully saturated rings. The molecular formula is C18H22N2OS. The molecule has 2 rings (SSSR count). The summed E-state index contributed by atoms with van der Waals surface area (Å²) in [6.07, 6.45) is 2.03. The first-order valence-corrected chi connectivity index (χ1v) is 8.47. The molecule has 1 amide bonds. The number of rotatable bonds is 6. The highest BCUT2D eigenvalue weighted by atomic mass is 32.2. The number of carbonyl (C=O) groups excluding carboxylic acids is 1. The van der Waals surface area contributed by atoms with Crippen LogP contribution in [0.2, 0.25) is 0 Å². The fourth-order valence-electron chi connectivity index (χ4n) is 2.27. The maximum Gasteiger partial charge on any atom is 0.251 e. The summed E-state index contributed by atoms with van der Waals surface area (Å²) >= 11 is 1.67. The van der Waals surface area contributed by atoms with Gasteiger partial charge in [-0.25, -0.2) is 0 Å². The van der Waals surface area contributed by atoms with Gasteiger partial charge in [0.25, 0.3) is 5.91 Å². The highest BCUT2D eigenvalue weighted by molar-refractivity contribution is 7.98. The van der Waals surface area contributed by atoms with E-state index in [1.54, 1.807) is 11.8 Å². The zero-order chi connectivity index (χ0) is 15.9. The number of carbonyl (C=O) groups is 1. The summed E-state index contributed by atoms with van der Waals surface area (Å²) < 4.78 is 0. The van der Waals surface area contributed by atoms with Crippen molar-refractivity contribution in [2.24, 2.45) is 0 Å². The van der Waals surface area contributed by atoms with Gasteiger partial charge in [0.05, 0.1) is 6.04 Å². The molecule has 0 aliphatic carbocycles. The van der Waals surface area contributed by atoms with Crippen molar-refractivity contribution >= 4 is 17.7 Å². The number of thioether (sulfide) groups is 1. The van der Waals surface area contributed by atoms with Gasteiger partial charge in [0.1, 0.15) is 0 Å². The molecule has 1 atom stereocenters. The first-order chi connectivity index (χ1) is 10.6. The standard InChI is InChI=1S/C18H22N2OS/c1-20(2)13-17(14-7-5-4-6-8-14)19-18(21)15-9-11-16(22-3)12-10-15/h4-12,17H,13H2,1-3H3,(H,19,21)/t17-/m0/s1. The van der Waals surface area contributed by atoms with Crippen molar-refractivity contribution < 1.29 is 4.79 Å². The van der Waals surface area contributed by atoms with Crippen molar-refractivity contribution in [1.82, 2.24) is 10.2 Å². The van der Waals surface area contributed by atoms with Crippen molar-refractivity contribution in [3.05, 3.63) is 65.7 Å². The third-order valence-corrected chi connectivity index (χ3v) is 4.15. The summed E-state index contributed by atoms with van der Waals surface area (Å²) in [7, 11) is 4.02. The molecular weight excluding hydrogens is 292 g/mol. The lowest BCUT2D eigenvalue weighted by atomic mass is 10.1. The second-order valence-corrected chi connectivity index (χ2v) is 6.31. The number of benzene rings is 2. The average Bonchev–Trinajstić information content (AvgIpc) is 2.54. The monoisotopic (exact) mass is 314 g/mol. The second-order valence-electron chi connectivity index (χ2n) is 5.43. The van der Waals surface area contributed by atoms with E-state index >= 15 is 0 Å². The Hall–Kier alpha value is -1.78. The van der Waals surface area contributed by atoms with Gasteiger partial charge in [-0.05, 0) is 50.2 Å². The summed E-state index contributed by atoms with van der Waals surface area (Å²) in [6.45, 7) is 0.763. The fourth-order valence-corrected chi connectivity index (χ4v) is 2.68. The Morgan fingerprint density at radius 2 is 1.73 bits per heavy atom. The number of nitrogens with zero attached hydrogens (tertiary/aromatic N) is 1. The Kier molecular flexibility index (Phi) is 6.04. The van der Waals surface area contributed by atoms with Gasteiger partial charge in [-0.3, -0.25) is 4.79 Å². The van der Waals surface area contributed by atoms with Crippen LogP contribution < -0.4 is 5.32 Å². The molecule has 0 saturated carbocycles. The summed E-state index contributed by atoms with van der Waals surface area (Å²) in [6, 6.07) is 17.7. The van der Waals surface area contributed by atoms with Gasteiger partial charge in [-0.1, -0.05) is 30.3 Å². The van der Waals surface area contributed by atoms with Crippen molar-refractivity contribution in [1.29, 1.82) is 0 Å². The van der Waals surface area contributed by atoms with E-state index in [9.17, 15) is 4.79 Å². The molecule has 2 aromatic carbocycles. The molecule has 2 aromatic rings. The Balaban J connectivity index is 2.13. The molecule has 3 nitrogen and oxygen atoms in total. The van der Waals surface area contributed by atoms with E-state index in [0.29, 0.717) is 5.56 Å². The number of nitrogens with one attached hydrogen (secondary N) is 1. The van der Waals surface area contributed by atoms with Crippen LogP contribution in [0.5, 0.6) is 0 Å². The highest BCUT2D eigenvalue weighted by Crippen LogP contribution is 2.17. The van der Waals surface area contributed by atoms with Crippen LogP contribution >= 0.6 is 11.8 Å². The Labute approximate surface area is 136 Å². The smallest absolute Gasteiger partial charge is 0.251 e. The quantitative estimate of drug-likeness (QED) is 0.829. The lowest BCUT2D eigenvalue weighted by Crippen LogP contribution is -2.35. The van der Waals surface area contributed by atoms with Gasteiger partial charge in [0, 0.05) is 17.0 Å².